The van der Waals surface area contributed by atoms with E-state index in [1.54, 1.807) is 6.92 Å². The molecule has 1 aromatic heterocycles. The van der Waals surface area contributed by atoms with Crippen molar-refractivity contribution in [2.24, 2.45) is 0 Å². The first-order valence-corrected chi connectivity index (χ1v) is 6.79. The van der Waals surface area contributed by atoms with Crippen LogP contribution in [-0.2, 0) is 6.54 Å². The fourth-order valence-corrected chi connectivity index (χ4v) is 1.81. The zero-order valence-electron chi connectivity index (χ0n) is 12.2. The largest absolute Gasteiger partial charge is 0.491 e. The van der Waals surface area contributed by atoms with Gasteiger partial charge in [-0.3, -0.25) is 4.68 Å². The first-order chi connectivity index (χ1) is 11.0. The van der Waals surface area contributed by atoms with Gasteiger partial charge in [0.05, 0.1) is 18.5 Å². The minimum Gasteiger partial charge on any atom is -0.491 e. The van der Waals surface area contributed by atoms with Crippen LogP contribution in [0.4, 0.5) is 29.3 Å². The second-order valence-corrected chi connectivity index (χ2v) is 4.50. The number of benzene rings is 1. The molecule has 0 aliphatic carbocycles. The molecule has 0 radical (unpaired) electrons. The topological polar surface area (TPSA) is 68.2 Å². The molecule has 0 spiro atoms. The van der Waals surface area contributed by atoms with E-state index < -0.39 is 24.8 Å². The van der Waals surface area contributed by atoms with Crippen molar-refractivity contribution in [2.75, 3.05) is 17.2 Å². The number of anilines is 2. The summed E-state index contributed by atoms with van der Waals surface area (Å²) in [5.41, 5.74) is 0.470. The third kappa shape index (κ3) is 4.90. The molecule has 0 aliphatic heterocycles. The highest BCUT2D eigenvalue weighted by Gasteiger charge is 2.10. The summed E-state index contributed by atoms with van der Waals surface area (Å²) in [6, 6.07) is 3.35. The van der Waals surface area contributed by atoms with Crippen molar-refractivity contribution in [1.29, 1.82) is 0 Å². The lowest BCUT2D eigenvalue weighted by atomic mass is 10.3. The quantitative estimate of drug-likeness (QED) is 0.855. The van der Waals surface area contributed by atoms with Crippen LogP contribution in [0, 0.1) is 5.82 Å². The summed E-state index contributed by atoms with van der Waals surface area (Å²) in [5.74, 6) is -0.513. The van der Waals surface area contributed by atoms with Gasteiger partial charge in [0.1, 0.15) is 6.54 Å². The Kier molecular flexibility index (Phi) is 5.45. The highest BCUT2D eigenvalue weighted by atomic mass is 19.3. The summed E-state index contributed by atoms with van der Waals surface area (Å²) in [6.07, 6.45) is -0.0333. The van der Waals surface area contributed by atoms with Crippen molar-refractivity contribution in [3.8, 4) is 5.75 Å². The Labute approximate surface area is 130 Å². The van der Waals surface area contributed by atoms with Gasteiger partial charge in [-0.2, -0.15) is 5.10 Å². The van der Waals surface area contributed by atoms with Gasteiger partial charge in [-0.1, -0.05) is 0 Å². The Morgan fingerprint density at radius 1 is 1.35 bits per heavy atom. The SMILES string of the molecule is CCOc1ccc(NC(=O)Nc2cnn(CC(F)F)c2)cc1F. The second kappa shape index (κ2) is 7.52. The average molecular weight is 328 g/mol. The molecule has 2 aromatic rings. The molecule has 6 nitrogen and oxygen atoms in total. The third-order valence-corrected chi connectivity index (χ3v) is 2.71. The Bertz CT molecular complexity index is 676. The van der Waals surface area contributed by atoms with Crippen LogP contribution in [0.1, 0.15) is 6.92 Å². The summed E-state index contributed by atoms with van der Waals surface area (Å²) in [4.78, 5) is 11.8. The minimum absolute atomic E-state index is 0.0896. The lowest BCUT2D eigenvalue weighted by Gasteiger charge is -2.08. The predicted octanol–water partition coefficient (Wildman–Crippen LogP) is 3.33. The van der Waals surface area contributed by atoms with Crippen LogP contribution < -0.4 is 15.4 Å². The van der Waals surface area contributed by atoms with Gasteiger partial charge in [-0.05, 0) is 19.1 Å². The van der Waals surface area contributed by atoms with E-state index in [1.807, 2.05) is 0 Å². The average Bonchev–Trinajstić information content (AvgIpc) is 2.88. The number of aromatic nitrogens is 2. The number of urea groups is 1. The highest BCUT2D eigenvalue weighted by Crippen LogP contribution is 2.21. The summed E-state index contributed by atoms with van der Waals surface area (Å²) in [5, 5.41) is 8.51. The molecular weight excluding hydrogens is 313 g/mol. The van der Waals surface area contributed by atoms with Crippen LogP contribution in [0.3, 0.4) is 0 Å². The lowest BCUT2D eigenvalue weighted by Crippen LogP contribution is -2.19. The number of rotatable bonds is 6. The zero-order valence-corrected chi connectivity index (χ0v) is 12.2. The molecule has 0 bridgehead atoms. The van der Waals surface area contributed by atoms with Crippen LogP contribution in [0.5, 0.6) is 5.75 Å². The molecule has 1 heterocycles. The van der Waals surface area contributed by atoms with Crippen LogP contribution in [0.25, 0.3) is 0 Å². The zero-order chi connectivity index (χ0) is 16.8. The molecule has 2 rings (SSSR count). The van der Waals surface area contributed by atoms with Gasteiger partial charge >= 0.3 is 6.03 Å². The van der Waals surface area contributed by atoms with Crippen molar-refractivity contribution < 1.29 is 22.7 Å². The van der Waals surface area contributed by atoms with Gasteiger partial charge in [0.25, 0.3) is 6.43 Å². The van der Waals surface area contributed by atoms with Gasteiger partial charge in [0, 0.05) is 18.0 Å². The van der Waals surface area contributed by atoms with E-state index in [1.165, 1.54) is 24.5 Å². The predicted molar refractivity (Wildman–Crippen MR) is 78.4 cm³/mol. The second-order valence-electron chi connectivity index (χ2n) is 4.50. The smallest absolute Gasteiger partial charge is 0.323 e. The fourth-order valence-electron chi connectivity index (χ4n) is 1.81. The van der Waals surface area contributed by atoms with Gasteiger partial charge in [0.2, 0.25) is 0 Å². The van der Waals surface area contributed by atoms with Gasteiger partial charge < -0.3 is 15.4 Å². The Balaban J connectivity index is 1.94. The van der Waals surface area contributed by atoms with Gasteiger partial charge in [-0.15, -0.1) is 0 Å². The molecule has 2 amide bonds. The number of carbonyl (C=O) groups excluding carboxylic acids is 1. The number of nitrogens with zero attached hydrogens (tertiary/aromatic N) is 2. The van der Waals surface area contributed by atoms with E-state index >= 15 is 0 Å². The van der Waals surface area contributed by atoms with Gasteiger partial charge in [-0.25, -0.2) is 18.0 Å². The Hall–Kier alpha value is -2.71. The van der Waals surface area contributed by atoms with E-state index in [0.29, 0.717) is 6.61 Å². The third-order valence-electron chi connectivity index (χ3n) is 2.71. The van der Waals surface area contributed by atoms with E-state index in [2.05, 4.69) is 15.7 Å². The maximum atomic E-state index is 13.7. The van der Waals surface area contributed by atoms with Crippen molar-refractivity contribution >= 4 is 17.4 Å². The summed E-state index contributed by atoms with van der Waals surface area (Å²) >= 11 is 0. The Morgan fingerprint density at radius 2 is 2.09 bits per heavy atom. The molecule has 0 saturated carbocycles. The number of halogens is 3. The minimum atomic E-state index is -2.54. The highest BCUT2D eigenvalue weighted by molar-refractivity contribution is 5.99. The van der Waals surface area contributed by atoms with Gasteiger partial charge in [0.15, 0.2) is 11.6 Å². The van der Waals surface area contributed by atoms with E-state index in [0.717, 1.165) is 10.7 Å². The van der Waals surface area contributed by atoms with Crippen LogP contribution in [0.15, 0.2) is 30.6 Å². The Morgan fingerprint density at radius 3 is 2.74 bits per heavy atom. The first-order valence-electron chi connectivity index (χ1n) is 6.79. The molecule has 0 aliphatic rings. The molecule has 1 aromatic carbocycles. The van der Waals surface area contributed by atoms with Crippen molar-refractivity contribution in [3.05, 3.63) is 36.4 Å². The molecule has 124 valence electrons. The maximum Gasteiger partial charge on any atom is 0.323 e. The van der Waals surface area contributed by atoms with Crippen LogP contribution in [0.2, 0.25) is 0 Å². The number of ether oxygens (including phenoxy) is 1. The fraction of sp³-hybridized carbons (Fsp3) is 0.286. The number of amides is 2. The van der Waals surface area contributed by atoms with E-state index in [-0.39, 0.29) is 17.1 Å². The number of hydrogen-bond acceptors (Lipinski definition) is 3. The van der Waals surface area contributed by atoms with E-state index in [9.17, 15) is 18.0 Å². The normalized spacial score (nSPS) is 10.7. The molecule has 23 heavy (non-hydrogen) atoms. The van der Waals surface area contributed by atoms with Crippen molar-refractivity contribution in [1.82, 2.24) is 9.78 Å². The molecular formula is C14H15F3N4O2. The molecule has 9 heteroatoms. The first kappa shape index (κ1) is 16.7. The molecule has 0 saturated heterocycles. The lowest BCUT2D eigenvalue weighted by molar-refractivity contribution is 0.122. The summed E-state index contributed by atoms with van der Waals surface area (Å²) in [7, 11) is 0. The monoisotopic (exact) mass is 328 g/mol. The standard InChI is InChI=1S/C14H15F3N4O2/c1-2-23-12-4-3-9(5-11(12)15)19-14(22)20-10-6-18-21(7-10)8-13(16)17/h3-7,13H,2,8H2,1H3,(H2,19,20,22). The van der Waals surface area contributed by atoms with Crippen molar-refractivity contribution in [2.45, 2.75) is 19.9 Å². The molecule has 2 N–H and O–H groups in total. The molecule has 0 fully saturated rings. The summed E-state index contributed by atoms with van der Waals surface area (Å²) in [6.45, 7) is 1.49. The van der Waals surface area contributed by atoms with Crippen molar-refractivity contribution in [3.63, 3.8) is 0 Å². The number of nitrogens with one attached hydrogen (secondary N) is 2. The van der Waals surface area contributed by atoms with Crippen LogP contribution >= 0.6 is 0 Å². The number of alkyl halides is 2. The molecule has 0 atom stereocenters. The van der Waals surface area contributed by atoms with E-state index in [4.69, 9.17) is 4.74 Å². The molecule has 0 unspecified atom stereocenters. The summed E-state index contributed by atoms with van der Waals surface area (Å²) < 4.78 is 44.1. The maximum absolute atomic E-state index is 13.7. The number of carbonyl (C=O) groups is 1. The van der Waals surface area contributed by atoms with Crippen LogP contribution in [-0.4, -0.2) is 28.8 Å². The number of hydrogen-bond donors (Lipinski definition) is 2.